The van der Waals surface area contributed by atoms with Crippen LogP contribution in [0.2, 0.25) is 0 Å². The smallest absolute Gasteiger partial charge is 0.139 e. The Kier molecular flexibility index (Phi) is 2.54. The van der Waals surface area contributed by atoms with Crippen molar-refractivity contribution in [3.05, 3.63) is 36.8 Å². The van der Waals surface area contributed by atoms with E-state index in [0.29, 0.717) is 5.69 Å². The number of aromatic nitrogens is 4. The first-order chi connectivity index (χ1) is 7.33. The monoisotopic (exact) mass is 235 g/mol. The fraction of sp³-hybridized carbons (Fsp3) is 0. The first-order valence-electron chi connectivity index (χ1n) is 4.57. The lowest BCUT2D eigenvalue weighted by Crippen LogP contribution is -1.93. The number of nitrogens with two attached hydrogens (primary N) is 1. The van der Waals surface area contributed by atoms with Gasteiger partial charge in [0.1, 0.15) is 11.5 Å². The number of hydrogen-bond donors (Lipinski definition) is 2. The zero-order chi connectivity index (χ0) is 10.3. The predicted octanol–water partition coefficient (Wildman–Crippen LogP) is 1.75. The number of rotatable bonds is 1. The third-order valence-corrected chi connectivity index (χ3v) is 2.23. The van der Waals surface area contributed by atoms with Crippen molar-refractivity contribution in [3.8, 4) is 5.82 Å². The fourth-order valence-electron chi connectivity index (χ4n) is 1.55. The molecule has 16 heavy (non-hydrogen) atoms. The molecule has 0 radical (unpaired) electrons. The van der Waals surface area contributed by atoms with Gasteiger partial charge in [0.15, 0.2) is 0 Å². The van der Waals surface area contributed by atoms with Gasteiger partial charge in [0.05, 0.1) is 11.9 Å². The second kappa shape index (κ2) is 3.86. The first-order valence-corrected chi connectivity index (χ1v) is 4.57. The van der Waals surface area contributed by atoms with Crippen molar-refractivity contribution < 1.29 is 0 Å². The van der Waals surface area contributed by atoms with Crippen LogP contribution in [0.1, 0.15) is 0 Å². The van der Waals surface area contributed by atoms with Gasteiger partial charge in [-0.2, -0.15) is 5.10 Å². The zero-order valence-electron chi connectivity index (χ0n) is 8.29. The van der Waals surface area contributed by atoms with Gasteiger partial charge in [-0.25, -0.2) is 9.67 Å². The van der Waals surface area contributed by atoms with Crippen molar-refractivity contribution in [3.63, 3.8) is 0 Å². The van der Waals surface area contributed by atoms with Crippen LogP contribution in [0, 0.1) is 0 Å². The van der Waals surface area contributed by atoms with Crippen molar-refractivity contribution in [2.45, 2.75) is 0 Å². The highest BCUT2D eigenvalue weighted by atomic mass is 35.5. The van der Waals surface area contributed by atoms with Crippen LogP contribution in [-0.2, 0) is 0 Å². The van der Waals surface area contributed by atoms with Crippen LogP contribution in [-0.4, -0.2) is 19.7 Å². The SMILES string of the molecule is Cl.Nc1cnc2[nH]c(-n3cccn3)cc2c1. The number of nitrogen functional groups attached to an aromatic ring is 1. The number of nitrogens with zero attached hydrogens (tertiary/aromatic N) is 3. The Morgan fingerprint density at radius 3 is 2.94 bits per heavy atom. The number of H-pyrrole nitrogens is 1. The number of pyridine rings is 1. The molecule has 0 unspecified atom stereocenters. The molecular weight excluding hydrogens is 226 g/mol. The summed E-state index contributed by atoms with van der Waals surface area (Å²) in [6.07, 6.45) is 5.23. The minimum absolute atomic E-state index is 0. The number of anilines is 1. The molecule has 0 amide bonds. The maximum atomic E-state index is 5.65. The highest BCUT2D eigenvalue weighted by Gasteiger charge is 2.03. The molecule has 3 N–H and O–H groups in total. The summed E-state index contributed by atoms with van der Waals surface area (Å²) in [5, 5.41) is 5.12. The van der Waals surface area contributed by atoms with E-state index in [1.807, 2.05) is 24.4 Å². The number of hydrogen-bond acceptors (Lipinski definition) is 3. The summed E-state index contributed by atoms with van der Waals surface area (Å²) in [5.74, 6) is 0.882. The molecule has 0 aromatic carbocycles. The van der Waals surface area contributed by atoms with Crippen molar-refractivity contribution >= 4 is 29.1 Å². The average molecular weight is 236 g/mol. The Hall–Kier alpha value is -2.01. The van der Waals surface area contributed by atoms with Crippen LogP contribution in [0.15, 0.2) is 36.8 Å². The third-order valence-electron chi connectivity index (χ3n) is 2.23. The quantitative estimate of drug-likeness (QED) is 0.675. The predicted molar refractivity (Wildman–Crippen MR) is 64.9 cm³/mol. The third kappa shape index (κ3) is 1.61. The van der Waals surface area contributed by atoms with Crippen LogP contribution in [0.3, 0.4) is 0 Å². The summed E-state index contributed by atoms with van der Waals surface area (Å²) in [6.45, 7) is 0. The molecule has 0 aliphatic rings. The zero-order valence-corrected chi connectivity index (χ0v) is 9.11. The van der Waals surface area contributed by atoms with E-state index in [-0.39, 0.29) is 12.4 Å². The summed E-state index contributed by atoms with van der Waals surface area (Å²) >= 11 is 0. The van der Waals surface area contributed by atoms with Crippen LogP contribution in [0.4, 0.5) is 5.69 Å². The van der Waals surface area contributed by atoms with Gasteiger partial charge in [-0.15, -0.1) is 12.4 Å². The molecule has 0 saturated heterocycles. The molecular formula is C10H10ClN5. The number of halogens is 1. The molecule has 3 aromatic rings. The highest BCUT2D eigenvalue weighted by molar-refractivity contribution is 5.85. The van der Waals surface area contributed by atoms with Crippen LogP contribution in [0.5, 0.6) is 0 Å². The van der Waals surface area contributed by atoms with Gasteiger partial charge in [-0.3, -0.25) is 0 Å². The van der Waals surface area contributed by atoms with Crippen LogP contribution in [0.25, 0.3) is 16.9 Å². The van der Waals surface area contributed by atoms with E-state index in [4.69, 9.17) is 5.73 Å². The Balaban J connectivity index is 0.000000963. The largest absolute Gasteiger partial charge is 0.397 e. The fourth-order valence-corrected chi connectivity index (χ4v) is 1.55. The minimum Gasteiger partial charge on any atom is -0.397 e. The molecule has 0 spiro atoms. The number of fused-ring (bicyclic) bond motifs is 1. The Bertz CT molecular complexity index is 599. The lowest BCUT2D eigenvalue weighted by Gasteiger charge is -1.93. The molecule has 0 atom stereocenters. The van der Waals surface area contributed by atoms with Gasteiger partial charge in [0, 0.05) is 17.8 Å². The molecule has 6 heteroatoms. The van der Waals surface area contributed by atoms with E-state index in [2.05, 4.69) is 15.1 Å². The summed E-state index contributed by atoms with van der Waals surface area (Å²) in [7, 11) is 0. The molecule has 82 valence electrons. The highest BCUT2D eigenvalue weighted by Crippen LogP contribution is 2.17. The van der Waals surface area contributed by atoms with E-state index in [9.17, 15) is 0 Å². The molecule has 0 saturated carbocycles. The minimum atomic E-state index is 0. The van der Waals surface area contributed by atoms with Crippen molar-refractivity contribution in [1.82, 2.24) is 19.7 Å². The maximum Gasteiger partial charge on any atom is 0.139 e. The summed E-state index contributed by atoms with van der Waals surface area (Å²) < 4.78 is 1.75. The van der Waals surface area contributed by atoms with E-state index in [0.717, 1.165) is 16.9 Å². The van der Waals surface area contributed by atoms with Crippen molar-refractivity contribution in [2.75, 3.05) is 5.73 Å². The molecule has 0 aliphatic carbocycles. The van der Waals surface area contributed by atoms with Gasteiger partial charge < -0.3 is 10.7 Å². The molecule has 3 heterocycles. The summed E-state index contributed by atoms with van der Waals surface area (Å²) in [4.78, 5) is 7.35. The summed E-state index contributed by atoms with van der Waals surface area (Å²) in [6, 6.07) is 5.71. The lowest BCUT2D eigenvalue weighted by atomic mass is 10.3. The molecule has 3 rings (SSSR count). The molecule has 0 fully saturated rings. The van der Waals surface area contributed by atoms with E-state index < -0.39 is 0 Å². The molecule has 0 bridgehead atoms. The Labute approximate surface area is 97.7 Å². The van der Waals surface area contributed by atoms with Gasteiger partial charge >= 0.3 is 0 Å². The van der Waals surface area contributed by atoms with Gasteiger partial charge in [-0.05, 0) is 18.2 Å². The average Bonchev–Trinajstić information content (AvgIpc) is 2.84. The maximum absolute atomic E-state index is 5.65. The second-order valence-corrected chi connectivity index (χ2v) is 3.31. The molecule has 5 nitrogen and oxygen atoms in total. The van der Waals surface area contributed by atoms with Gasteiger partial charge in [0.2, 0.25) is 0 Å². The summed E-state index contributed by atoms with van der Waals surface area (Å²) in [5.41, 5.74) is 7.13. The lowest BCUT2D eigenvalue weighted by molar-refractivity contribution is 0.857. The van der Waals surface area contributed by atoms with Crippen LogP contribution >= 0.6 is 12.4 Å². The molecule has 3 aromatic heterocycles. The van der Waals surface area contributed by atoms with E-state index >= 15 is 0 Å². The Morgan fingerprint density at radius 2 is 2.19 bits per heavy atom. The normalized spacial score (nSPS) is 10.2. The first kappa shape index (κ1) is 10.5. The standard InChI is InChI=1S/C10H9N5.ClH/c11-8-4-7-5-9(14-10(7)12-6-8)15-3-1-2-13-15;/h1-6H,11H2,(H,12,14);1H. The second-order valence-electron chi connectivity index (χ2n) is 3.31. The van der Waals surface area contributed by atoms with Gasteiger partial charge in [0.25, 0.3) is 0 Å². The van der Waals surface area contributed by atoms with Crippen molar-refractivity contribution in [1.29, 1.82) is 0 Å². The van der Waals surface area contributed by atoms with Gasteiger partial charge in [-0.1, -0.05) is 0 Å². The van der Waals surface area contributed by atoms with E-state index in [1.54, 1.807) is 17.1 Å². The molecule has 0 aliphatic heterocycles. The topological polar surface area (TPSA) is 72.5 Å². The van der Waals surface area contributed by atoms with E-state index in [1.165, 1.54) is 0 Å². The number of nitrogens with one attached hydrogen (secondary N) is 1. The Morgan fingerprint density at radius 1 is 1.31 bits per heavy atom. The van der Waals surface area contributed by atoms with Crippen molar-refractivity contribution in [2.24, 2.45) is 0 Å². The number of aromatic amines is 1. The van der Waals surface area contributed by atoms with Crippen LogP contribution < -0.4 is 5.73 Å².